The minimum Gasteiger partial charge on any atom is -0.506 e. The summed E-state index contributed by atoms with van der Waals surface area (Å²) in [6.45, 7) is 9.51. The maximum absolute atomic E-state index is 12.6. The van der Waals surface area contributed by atoms with Crippen LogP contribution in [0.5, 0.6) is 5.75 Å². The highest BCUT2D eigenvalue weighted by molar-refractivity contribution is 14.1. The Balaban J connectivity index is 0.00000300. The molecular weight excluding hydrogens is 708 g/mol. The van der Waals surface area contributed by atoms with Crippen molar-refractivity contribution in [3.05, 3.63) is 24.8 Å². The number of aliphatic carboxylic acids is 1. The van der Waals surface area contributed by atoms with E-state index in [4.69, 9.17) is 14.6 Å². The number of hydrogen-bond acceptors (Lipinski definition) is 6. The second-order valence-corrected chi connectivity index (χ2v) is 11.6. The largest absolute Gasteiger partial charge is 0.506 e. The van der Waals surface area contributed by atoms with Crippen LogP contribution >= 0.6 is 45.2 Å². The molecule has 1 unspecified atom stereocenters. The van der Waals surface area contributed by atoms with E-state index in [1.165, 1.54) is 0 Å². The standard InChI is InChI=1S/C23H35I2N3O5.C2H4O2/c1-5-10-26-21(31)18(14-15-12-16(24)20(30)17(25)13-15)28-19(29)9-7-6-8-11-27-22(32)33-23(2,3)4;1-2(3)4/h12-13,18,30H,5-11,14H2,1-4H3,(H,26,31)(H,27,32)(H,28,29);1H3,(H,3,4). The number of phenolic OH excluding ortho intramolecular Hbond substituents is 1. The van der Waals surface area contributed by atoms with Gasteiger partial charge in [0.15, 0.2) is 0 Å². The predicted molar refractivity (Wildman–Crippen MR) is 158 cm³/mol. The quantitative estimate of drug-likeness (QED) is 0.158. The molecule has 0 fully saturated rings. The molecule has 1 atom stereocenters. The van der Waals surface area contributed by atoms with Crippen LogP contribution in [0.25, 0.3) is 0 Å². The Morgan fingerprint density at radius 3 is 2.08 bits per heavy atom. The van der Waals surface area contributed by atoms with E-state index in [2.05, 4.69) is 61.1 Å². The van der Waals surface area contributed by atoms with Gasteiger partial charge < -0.3 is 30.9 Å². The van der Waals surface area contributed by atoms with E-state index in [-0.39, 0.29) is 17.6 Å². The summed E-state index contributed by atoms with van der Waals surface area (Å²) in [5.74, 6) is -1.02. The lowest BCUT2D eigenvalue weighted by atomic mass is 10.0. The lowest BCUT2D eigenvalue weighted by Crippen LogP contribution is -2.48. The molecule has 10 nitrogen and oxygen atoms in total. The zero-order valence-electron chi connectivity index (χ0n) is 22.1. The number of amides is 3. The summed E-state index contributed by atoms with van der Waals surface area (Å²) in [5.41, 5.74) is 0.338. The van der Waals surface area contributed by atoms with E-state index >= 15 is 0 Å². The molecule has 0 saturated carbocycles. The number of alkyl carbamates (subject to hydrolysis) is 1. The molecule has 0 saturated heterocycles. The summed E-state index contributed by atoms with van der Waals surface area (Å²) < 4.78 is 6.58. The second-order valence-electron chi connectivity index (χ2n) is 9.28. The third-order valence-electron chi connectivity index (χ3n) is 4.47. The number of rotatable bonds is 12. The van der Waals surface area contributed by atoms with Gasteiger partial charge in [0, 0.05) is 32.9 Å². The van der Waals surface area contributed by atoms with Crippen LogP contribution in [0.2, 0.25) is 0 Å². The number of benzene rings is 1. The van der Waals surface area contributed by atoms with Gasteiger partial charge in [0.25, 0.3) is 5.97 Å². The number of carbonyl (C=O) groups excluding carboxylic acids is 3. The van der Waals surface area contributed by atoms with Crippen molar-refractivity contribution in [1.29, 1.82) is 0 Å². The number of carboxylic acids is 1. The smallest absolute Gasteiger partial charge is 0.407 e. The maximum atomic E-state index is 12.6. The van der Waals surface area contributed by atoms with Crippen molar-refractivity contribution in [1.82, 2.24) is 16.0 Å². The summed E-state index contributed by atoms with van der Waals surface area (Å²) in [6.07, 6.45) is 3.15. The van der Waals surface area contributed by atoms with Crippen molar-refractivity contribution in [3.8, 4) is 5.75 Å². The lowest BCUT2D eigenvalue weighted by Gasteiger charge is -2.20. The first-order chi connectivity index (χ1) is 17.2. The molecule has 0 radical (unpaired) electrons. The SMILES string of the molecule is CC(=O)O.CCCNC(=O)C(Cc1cc(I)c(O)c(I)c1)NC(=O)CCCCCNC(=O)OC(C)(C)C. The van der Waals surface area contributed by atoms with Crippen LogP contribution in [0.4, 0.5) is 4.79 Å². The van der Waals surface area contributed by atoms with Crippen LogP contribution < -0.4 is 16.0 Å². The molecule has 0 aliphatic rings. The Labute approximate surface area is 246 Å². The molecular formula is C25H39I2N3O7. The van der Waals surface area contributed by atoms with Gasteiger partial charge in [-0.2, -0.15) is 0 Å². The maximum Gasteiger partial charge on any atom is 0.407 e. The number of phenols is 1. The van der Waals surface area contributed by atoms with Gasteiger partial charge >= 0.3 is 6.09 Å². The third kappa shape index (κ3) is 18.1. The van der Waals surface area contributed by atoms with Crippen LogP contribution in [0.3, 0.4) is 0 Å². The summed E-state index contributed by atoms with van der Waals surface area (Å²) in [5, 5.41) is 25.8. The molecule has 5 N–H and O–H groups in total. The van der Waals surface area contributed by atoms with Crippen molar-refractivity contribution in [2.45, 2.75) is 84.8 Å². The van der Waals surface area contributed by atoms with Gasteiger partial charge in [-0.3, -0.25) is 14.4 Å². The molecule has 37 heavy (non-hydrogen) atoms. The molecule has 210 valence electrons. The topological polar surface area (TPSA) is 154 Å². The first-order valence-electron chi connectivity index (χ1n) is 12.1. The number of carboxylic acid groups (broad SMARTS) is 1. The summed E-state index contributed by atoms with van der Waals surface area (Å²) in [4.78, 5) is 45.7. The van der Waals surface area contributed by atoms with E-state index in [9.17, 15) is 19.5 Å². The molecule has 1 aromatic rings. The molecule has 3 amide bonds. The Kier molecular flexibility index (Phi) is 17.5. The minimum atomic E-state index is -0.833. The van der Waals surface area contributed by atoms with Crippen molar-refractivity contribution in [2.75, 3.05) is 13.1 Å². The van der Waals surface area contributed by atoms with Crippen LogP contribution in [0.1, 0.15) is 72.3 Å². The van der Waals surface area contributed by atoms with Crippen molar-refractivity contribution < 1.29 is 34.1 Å². The molecule has 1 rings (SSSR count). The summed E-state index contributed by atoms with van der Waals surface area (Å²) >= 11 is 4.10. The zero-order chi connectivity index (χ0) is 28.6. The number of nitrogens with one attached hydrogen (secondary N) is 3. The first-order valence-corrected chi connectivity index (χ1v) is 14.2. The Morgan fingerprint density at radius 2 is 1.57 bits per heavy atom. The minimum absolute atomic E-state index is 0.185. The van der Waals surface area contributed by atoms with Gasteiger partial charge in [-0.05, 0) is 103 Å². The normalized spacial score (nSPS) is 11.4. The molecule has 0 spiro atoms. The average molecular weight is 747 g/mol. The number of hydrogen-bond donors (Lipinski definition) is 5. The van der Waals surface area contributed by atoms with Gasteiger partial charge in [0.05, 0.1) is 7.14 Å². The lowest BCUT2D eigenvalue weighted by molar-refractivity contribution is -0.134. The number of halogens is 2. The van der Waals surface area contributed by atoms with Crippen molar-refractivity contribution in [2.24, 2.45) is 0 Å². The van der Waals surface area contributed by atoms with E-state index in [0.717, 1.165) is 31.7 Å². The van der Waals surface area contributed by atoms with Crippen molar-refractivity contribution >= 4 is 69.1 Å². The number of ether oxygens (including phenoxy) is 1. The molecule has 1 aromatic carbocycles. The molecule has 12 heteroatoms. The predicted octanol–water partition coefficient (Wildman–Crippen LogP) is 4.33. The van der Waals surface area contributed by atoms with Crippen LogP contribution in [0, 0.1) is 7.14 Å². The van der Waals surface area contributed by atoms with Crippen LogP contribution in [-0.2, 0) is 25.5 Å². The van der Waals surface area contributed by atoms with E-state index in [1.54, 1.807) is 0 Å². The molecule has 0 bridgehead atoms. The van der Waals surface area contributed by atoms with Gasteiger partial charge in [0.2, 0.25) is 11.8 Å². The first kappa shape index (κ1) is 35.2. The molecule has 0 aromatic heterocycles. The van der Waals surface area contributed by atoms with E-state index in [0.29, 0.717) is 39.5 Å². The Morgan fingerprint density at radius 1 is 1.00 bits per heavy atom. The highest BCUT2D eigenvalue weighted by atomic mass is 127. The average Bonchev–Trinajstić information content (AvgIpc) is 2.76. The highest BCUT2D eigenvalue weighted by Gasteiger charge is 2.22. The zero-order valence-corrected chi connectivity index (χ0v) is 26.4. The number of carbonyl (C=O) groups is 4. The fourth-order valence-corrected chi connectivity index (χ4v) is 4.81. The second kappa shape index (κ2) is 18.4. The molecule has 0 aliphatic carbocycles. The fraction of sp³-hybridized carbons (Fsp3) is 0.600. The Hall–Kier alpha value is -1.84. The highest BCUT2D eigenvalue weighted by Crippen LogP contribution is 2.27. The molecule has 0 heterocycles. The third-order valence-corrected chi connectivity index (χ3v) is 6.11. The van der Waals surface area contributed by atoms with E-state index in [1.807, 2.05) is 39.8 Å². The Bertz CT molecular complexity index is 878. The van der Waals surface area contributed by atoms with Gasteiger partial charge in [-0.15, -0.1) is 0 Å². The number of unbranched alkanes of at least 4 members (excludes halogenated alkanes) is 2. The van der Waals surface area contributed by atoms with E-state index < -0.39 is 23.7 Å². The summed E-state index contributed by atoms with van der Waals surface area (Å²) in [6, 6.07) is 2.96. The monoisotopic (exact) mass is 747 g/mol. The van der Waals surface area contributed by atoms with Gasteiger partial charge in [-0.1, -0.05) is 13.3 Å². The molecule has 0 aliphatic heterocycles. The fourth-order valence-electron chi connectivity index (χ4n) is 2.91. The van der Waals surface area contributed by atoms with Gasteiger partial charge in [-0.25, -0.2) is 4.79 Å². The number of aromatic hydroxyl groups is 1. The van der Waals surface area contributed by atoms with Crippen molar-refractivity contribution in [3.63, 3.8) is 0 Å². The van der Waals surface area contributed by atoms with Crippen LogP contribution in [0.15, 0.2) is 12.1 Å². The summed E-state index contributed by atoms with van der Waals surface area (Å²) in [7, 11) is 0. The van der Waals surface area contributed by atoms with Gasteiger partial charge in [0.1, 0.15) is 17.4 Å². The van der Waals surface area contributed by atoms with Crippen LogP contribution in [-0.4, -0.2) is 58.8 Å².